The maximum atomic E-state index is 13.2. The number of phenolic OH excluding ortho intramolecular Hbond substituents is 1. The Morgan fingerprint density at radius 1 is 1.25 bits per heavy atom. The largest absolute Gasteiger partial charge is 0.506 e. The molecule has 0 fully saturated rings. The van der Waals surface area contributed by atoms with Gasteiger partial charge in [-0.25, -0.2) is 4.39 Å². The third kappa shape index (κ3) is 2.23. The highest BCUT2D eigenvalue weighted by Crippen LogP contribution is 2.37. The summed E-state index contributed by atoms with van der Waals surface area (Å²) in [6.07, 6.45) is -0.380. The van der Waals surface area contributed by atoms with Crippen LogP contribution >= 0.6 is 11.6 Å². The normalized spacial score (nSPS) is 17.5. The second kappa shape index (κ2) is 4.80. The predicted molar refractivity (Wildman–Crippen MR) is 71.8 cm³/mol. The minimum Gasteiger partial charge on any atom is -0.506 e. The van der Waals surface area contributed by atoms with Crippen molar-refractivity contribution in [1.29, 1.82) is 0 Å². The molecular weight excluding hydrogens is 283 g/mol. The van der Waals surface area contributed by atoms with Crippen LogP contribution < -0.4 is 4.74 Å². The fraction of sp³-hybridized carbons (Fsp3) is 0.133. The Labute approximate surface area is 119 Å². The van der Waals surface area contributed by atoms with E-state index in [0.717, 1.165) is 0 Å². The Bertz CT molecular complexity index is 700. The SMILES string of the molecule is O=C1CC(c2ccc(O)c(Cl)c2)Oc2cc(F)ccc21. The van der Waals surface area contributed by atoms with Crippen LogP contribution in [0.4, 0.5) is 4.39 Å². The summed E-state index contributed by atoms with van der Waals surface area (Å²) in [7, 11) is 0. The zero-order chi connectivity index (χ0) is 14.3. The molecule has 0 saturated heterocycles. The topological polar surface area (TPSA) is 46.5 Å². The first kappa shape index (κ1) is 12.9. The zero-order valence-electron chi connectivity index (χ0n) is 10.3. The van der Waals surface area contributed by atoms with E-state index in [4.69, 9.17) is 16.3 Å². The Hall–Kier alpha value is -2.07. The van der Waals surface area contributed by atoms with Gasteiger partial charge in [-0.15, -0.1) is 0 Å². The molecule has 0 radical (unpaired) electrons. The van der Waals surface area contributed by atoms with Crippen LogP contribution in [0.3, 0.4) is 0 Å². The zero-order valence-corrected chi connectivity index (χ0v) is 11.0. The third-order valence-corrected chi connectivity index (χ3v) is 3.53. The fourth-order valence-electron chi connectivity index (χ4n) is 2.21. The van der Waals surface area contributed by atoms with Crippen molar-refractivity contribution in [2.45, 2.75) is 12.5 Å². The van der Waals surface area contributed by atoms with Crippen LogP contribution in [0.5, 0.6) is 11.5 Å². The first-order valence-corrected chi connectivity index (χ1v) is 6.40. The van der Waals surface area contributed by atoms with Gasteiger partial charge in [0.15, 0.2) is 5.78 Å². The van der Waals surface area contributed by atoms with Gasteiger partial charge >= 0.3 is 0 Å². The number of benzene rings is 2. The summed E-state index contributed by atoms with van der Waals surface area (Å²) >= 11 is 5.84. The highest BCUT2D eigenvalue weighted by molar-refractivity contribution is 6.32. The lowest BCUT2D eigenvalue weighted by molar-refractivity contribution is 0.0849. The highest BCUT2D eigenvalue weighted by Gasteiger charge is 2.28. The number of ether oxygens (including phenoxy) is 1. The summed E-state index contributed by atoms with van der Waals surface area (Å²) in [5.41, 5.74) is 1.04. The molecule has 3 nitrogen and oxygen atoms in total. The van der Waals surface area contributed by atoms with Crippen molar-refractivity contribution in [3.63, 3.8) is 0 Å². The quantitative estimate of drug-likeness (QED) is 0.867. The summed E-state index contributed by atoms with van der Waals surface area (Å²) in [6, 6.07) is 8.46. The molecule has 0 spiro atoms. The monoisotopic (exact) mass is 292 g/mol. The van der Waals surface area contributed by atoms with Crippen molar-refractivity contribution in [3.8, 4) is 11.5 Å². The van der Waals surface area contributed by atoms with Crippen molar-refractivity contribution < 1.29 is 19.0 Å². The minimum atomic E-state index is -0.533. The van der Waals surface area contributed by atoms with E-state index >= 15 is 0 Å². The van der Waals surface area contributed by atoms with Crippen molar-refractivity contribution in [3.05, 3.63) is 58.4 Å². The molecule has 5 heteroatoms. The number of phenols is 1. The minimum absolute atomic E-state index is 0.0380. The molecule has 0 amide bonds. The van der Waals surface area contributed by atoms with E-state index in [2.05, 4.69) is 0 Å². The fourth-order valence-corrected chi connectivity index (χ4v) is 2.40. The van der Waals surface area contributed by atoms with Gasteiger partial charge in [-0.05, 0) is 29.8 Å². The van der Waals surface area contributed by atoms with Crippen molar-refractivity contribution in [2.24, 2.45) is 0 Å². The number of ketones is 1. The third-order valence-electron chi connectivity index (χ3n) is 3.23. The van der Waals surface area contributed by atoms with E-state index in [-0.39, 0.29) is 28.7 Å². The van der Waals surface area contributed by atoms with E-state index in [9.17, 15) is 14.3 Å². The second-order valence-corrected chi connectivity index (χ2v) is 4.99. The first-order valence-electron chi connectivity index (χ1n) is 6.02. The Kier molecular flexibility index (Phi) is 3.10. The first-order chi connectivity index (χ1) is 9.54. The number of fused-ring (bicyclic) bond motifs is 1. The lowest BCUT2D eigenvalue weighted by Crippen LogP contribution is -2.20. The standard InChI is InChI=1S/C15H10ClFO3/c16-11-5-8(1-4-12(11)18)14-7-13(19)10-3-2-9(17)6-15(10)20-14/h1-6,14,18H,7H2. The molecule has 0 bridgehead atoms. The van der Waals surface area contributed by atoms with E-state index in [1.54, 1.807) is 12.1 Å². The van der Waals surface area contributed by atoms with Gasteiger partial charge < -0.3 is 9.84 Å². The molecule has 2 aromatic rings. The van der Waals surface area contributed by atoms with Gasteiger partial charge in [-0.2, -0.15) is 0 Å². The molecule has 3 rings (SSSR count). The lowest BCUT2D eigenvalue weighted by atomic mass is 9.96. The van der Waals surface area contributed by atoms with Crippen molar-refractivity contribution >= 4 is 17.4 Å². The number of carbonyl (C=O) groups excluding carboxylic acids is 1. The van der Waals surface area contributed by atoms with Crippen molar-refractivity contribution in [1.82, 2.24) is 0 Å². The lowest BCUT2D eigenvalue weighted by Gasteiger charge is -2.25. The van der Waals surface area contributed by atoms with Gasteiger partial charge in [0.2, 0.25) is 0 Å². The van der Waals surface area contributed by atoms with Crippen LogP contribution in [0.15, 0.2) is 36.4 Å². The number of aromatic hydroxyl groups is 1. The molecule has 1 unspecified atom stereocenters. The van der Waals surface area contributed by atoms with Crippen LogP contribution in [0, 0.1) is 5.82 Å². The van der Waals surface area contributed by atoms with Crippen LogP contribution in [0.25, 0.3) is 0 Å². The Balaban J connectivity index is 1.98. The summed E-state index contributed by atoms with van der Waals surface area (Å²) in [6.45, 7) is 0. The van der Waals surface area contributed by atoms with Gasteiger partial charge in [0.25, 0.3) is 0 Å². The van der Waals surface area contributed by atoms with Gasteiger partial charge in [-0.3, -0.25) is 4.79 Å². The molecule has 20 heavy (non-hydrogen) atoms. The molecule has 0 aliphatic carbocycles. The van der Waals surface area contributed by atoms with Crippen LogP contribution in [-0.4, -0.2) is 10.9 Å². The molecule has 0 aromatic heterocycles. The molecule has 2 aromatic carbocycles. The van der Waals surface area contributed by atoms with Crippen LogP contribution in [0.2, 0.25) is 5.02 Å². The van der Waals surface area contributed by atoms with E-state index in [1.807, 2.05) is 0 Å². The summed E-state index contributed by atoms with van der Waals surface area (Å²) in [5, 5.41) is 9.58. The van der Waals surface area contributed by atoms with E-state index < -0.39 is 11.9 Å². The molecule has 1 aliphatic rings. The summed E-state index contributed by atoms with van der Waals surface area (Å²) < 4.78 is 18.9. The summed E-state index contributed by atoms with van der Waals surface area (Å²) in [4.78, 5) is 12.0. The molecule has 1 atom stereocenters. The van der Waals surface area contributed by atoms with Gasteiger partial charge in [0, 0.05) is 6.07 Å². The molecule has 1 heterocycles. The molecule has 1 N–H and O–H groups in total. The van der Waals surface area contributed by atoms with Gasteiger partial charge in [-0.1, -0.05) is 17.7 Å². The number of carbonyl (C=O) groups is 1. The molecule has 0 saturated carbocycles. The van der Waals surface area contributed by atoms with E-state index in [0.29, 0.717) is 11.1 Å². The number of halogens is 2. The van der Waals surface area contributed by atoms with Crippen molar-refractivity contribution in [2.75, 3.05) is 0 Å². The van der Waals surface area contributed by atoms with E-state index in [1.165, 1.54) is 24.3 Å². The molecule has 102 valence electrons. The highest BCUT2D eigenvalue weighted by atomic mass is 35.5. The number of hydrogen-bond donors (Lipinski definition) is 1. The number of rotatable bonds is 1. The molecule has 1 aliphatic heterocycles. The Morgan fingerprint density at radius 2 is 2.05 bits per heavy atom. The maximum absolute atomic E-state index is 13.2. The van der Waals surface area contributed by atoms with Crippen LogP contribution in [-0.2, 0) is 0 Å². The number of Topliss-reactive ketones (excluding diaryl/α,β-unsaturated/α-hetero) is 1. The molecular formula is C15H10ClFO3. The maximum Gasteiger partial charge on any atom is 0.170 e. The Morgan fingerprint density at radius 3 is 2.80 bits per heavy atom. The van der Waals surface area contributed by atoms with Gasteiger partial charge in [0.05, 0.1) is 17.0 Å². The second-order valence-electron chi connectivity index (χ2n) is 4.59. The average molecular weight is 293 g/mol. The smallest absolute Gasteiger partial charge is 0.170 e. The van der Waals surface area contributed by atoms with Crippen LogP contribution in [0.1, 0.15) is 28.4 Å². The van der Waals surface area contributed by atoms with Gasteiger partial charge in [0.1, 0.15) is 23.4 Å². The predicted octanol–water partition coefficient (Wildman–Crippen LogP) is 3.89. The summed E-state index contributed by atoms with van der Waals surface area (Å²) in [5.74, 6) is -0.374. The number of hydrogen-bond acceptors (Lipinski definition) is 3. The average Bonchev–Trinajstić information content (AvgIpc) is 2.41.